The van der Waals surface area contributed by atoms with E-state index in [2.05, 4.69) is 32.3 Å². The average Bonchev–Trinajstić information content (AvgIpc) is 3.22. The van der Waals surface area contributed by atoms with Gasteiger partial charge in [0.15, 0.2) is 5.16 Å². The van der Waals surface area contributed by atoms with Gasteiger partial charge in [-0.3, -0.25) is 4.79 Å². The molecule has 3 rings (SSSR count). The fraction of sp³-hybridized carbons (Fsp3) is 0.632. The Morgan fingerprint density at radius 2 is 2.08 bits per heavy atom. The van der Waals surface area contributed by atoms with Gasteiger partial charge in [0.1, 0.15) is 11.4 Å². The monoisotopic (exact) mass is 393 g/mol. The second-order valence-corrected chi connectivity index (χ2v) is 9.67. The number of thiophene rings is 1. The first-order valence-corrected chi connectivity index (χ1v) is 11.1. The van der Waals surface area contributed by atoms with Gasteiger partial charge in [0.25, 0.3) is 0 Å². The fourth-order valence-electron chi connectivity index (χ4n) is 3.30. The molecule has 142 valence electrons. The standard InChI is InChI=1S/C19H27N3O2S2/c1-19(2,3)24-17(23)13-26-18-21-20-16(12-15-10-7-11-25-15)22(18)14-8-5-4-6-9-14/h7,10-11,14H,4-6,8-9,12-13H2,1-3H3. The third-order valence-electron chi connectivity index (χ3n) is 4.33. The molecule has 0 bridgehead atoms. The van der Waals surface area contributed by atoms with Gasteiger partial charge < -0.3 is 9.30 Å². The number of esters is 1. The van der Waals surface area contributed by atoms with Crippen molar-refractivity contribution in [2.24, 2.45) is 0 Å². The van der Waals surface area contributed by atoms with E-state index in [1.54, 1.807) is 11.3 Å². The molecular weight excluding hydrogens is 366 g/mol. The van der Waals surface area contributed by atoms with Crippen LogP contribution in [0.25, 0.3) is 0 Å². The number of carbonyl (C=O) groups is 1. The maximum absolute atomic E-state index is 12.1. The molecular formula is C19H27N3O2S2. The minimum atomic E-state index is -0.459. The van der Waals surface area contributed by atoms with Crippen molar-refractivity contribution in [3.8, 4) is 0 Å². The van der Waals surface area contributed by atoms with Crippen molar-refractivity contribution in [3.05, 3.63) is 28.2 Å². The first kappa shape index (κ1) is 19.4. The van der Waals surface area contributed by atoms with E-state index in [-0.39, 0.29) is 11.7 Å². The third kappa shape index (κ3) is 5.33. The van der Waals surface area contributed by atoms with Crippen molar-refractivity contribution < 1.29 is 9.53 Å². The third-order valence-corrected chi connectivity index (χ3v) is 6.12. The summed E-state index contributed by atoms with van der Waals surface area (Å²) in [6.07, 6.45) is 6.92. The highest BCUT2D eigenvalue weighted by molar-refractivity contribution is 7.99. The second kappa shape index (κ2) is 8.57. The van der Waals surface area contributed by atoms with Gasteiger partial charge in [-0.15, -0.1) is 21.5 Å². The van der Waals surface area contributed by atoms with Crippen molar-refractivity contribution in [2.45, 2.75) is 76.1 Å². The summed E-state index contributed by atoms with van der Waals surface area (Å²) in [6, 6.07) is 4.65. The molecule has 0 aliphatic heterocycles. The Bertz CT molecular complexity index is 714. The van der Waals surface area contributed by atoms with Gasteiger partial charge in [0.2, 0.25) is 0 Å². The molecule has 2 aromatic heterocycles. The van der Waals surface area contributed by atoms with Gasteiger partial charge in [-0.25, -0.2) is 0 Å². The fourth-order valence-corrected chi connectivity index (χ4v) is 4.80. The first-order valence-electron chi connectivity index (χ1n) is 9.23. The Morgan fingerprint density at radius 3 is 2.73 bits per heavy atom. The average molecular weight is 394 g/mol. The lowest BCUT2D eigenvalue weighted by Gasteiger charge is -2.25. The predicted molar refractivity (Wildman–Crippen MR) is 106 cm³/mol. The highest BCUT2D eigenvalue weighted by Crippen LogP contribution is 2.33. The van der Waals surface area contributed by atoms with Crippen LogP contribution in [0.1, 0.15) is 69.6 Å². The molecule has 0 spiro atoms. The Kier molecular flexibility index (Phi) is 6.40. The van der Waals surface area contributed by atoms with Crippen molar-refractivity contribution >= 4 is 29.1 Å². The molecule has 26 heavy (non-hydrogen) atoms. The van der Waals surface area contributed by atoms with E-state index in [0.717, 1.165) is 30.2 Å². The van der Waals surface area contributed by atoms with E-state index < -0.39 is 5.60 Å². The van der Waals surface area contributed by atoms with Crippen LogP contribution in [0.3, 0.4) is 0 Å². The summed E-state index contributed by atoms with van der Waals surface area (Å²) in [7, 11) is 0. The zero-order chi connectivity index (χ0) is 18.6. The summed E-state index contributed by atoms with van der Waals surface area (Å²) < 4.78 is 7.71. The lowest BCUT2D eigenvalue weighted by atomic mass is 9.95. The Hall–Kier alpha value is -1.34. The van der Waals surface area contributed by atoms with Gasteiger partial charge in [-0.2, -0.15) is 0 Å². The summed E-state index contributed by atoms with van der Waals surface area (Å²) in [4.78, 5) is 13.4. The maximum atomic E-state index is 12.1. The Balaban J connectivity index is 1.75. The predicted octanol–water partition coefficient (Wildman–Crippen LogP) is 4.87. The van der Waals surface area contributed by atoms with Crippen LogP contribution in [-0.2, 0) is 16.0 Å². The van der Waals surface area contributed by atoms with E-state index in [4.69, 9.17) is 4.74 Å². The summed E-state index contributed by atoms with van der Waals surface area (Å²) >= 11 is 3.19. The summed E-state index contributed by atoms with van der Waals surface area (Å²) in [5.74, 6) is 1.06. The van der Waals surface area contributed by atoms with Crippen LogP contribution in [-0.4, -0.2) is 32.1 Å². The van der Waals surface area contributed by atoms with Crippen LogP contribution in [0.15, 0.2) is 22.7 Å². The van der Waals surface area contributed by atoms with Crippen molar-refractivity contribution in [2.75, 3.05) is 5.75 Å². The molecule has 1 aliphatic rings. The van der Waals surface area contributed by atoms with E-state index >= 15 is 0 Å². The SMILES string of the molecule is CC(C)(C)OC(=O)CSc1nnc(Cc2cccs2)n1C1CCCCC1. The quantitative estimate of drug-likeness (QED) is 0.518. The smallest absolute Gasteiger partial charge is 0.316 e. The van der Waals surface area contributed by atoms with E-state index in [1.165, 1.54) is 35.9 Å². The topological polar surface area (TPSA) is 57.0 Å². The highest BCUT2D eigenvalue weighted by atomic mass is 32.2. The number of carbonyl (C=O) groups excluding carboxylic acids is 1. The van der Waals surface area contributed by atoms with E-state index in [1.807, 2.05) is 20.8 Å². The zero-order valence-electron chi connectivity index (χ0n) is 15.7. The zero-order valence-corrected chi connectivity index (χ0v) is 17.4. The molecule has 1 aliphatic carbocycles. The van der Waals surface area contributed by atoms with Gasteiger partial charge >= 0.3 is 5.97 Å². The highest BCUT2D eigenvalue weighted by Gasteiger charge is 2.24. The Morgan fingerprint density at radius 1 is 1.31 bits per heavy atom. The molecule has 5 nitrogen and oxygen atoms in total. The molecule has 2 aromatic rings. The number of hydrogen-bond acceptors (Lipinski definition) is 6. The van der Waals surface area contributed by atoms with Crippen LogP contribution >= 0.6 is 23.1 Å². The van der Waals surface area contributed by atoms with Gasteiger partial charge in [0.05, 0.1) is 5.75 Å². The number of aromatic nitrogens is 3. The van der Waals surface area contributed by atoms with Crippen molar-refractivity contribution in [1.82, 2.24) is 14.8 Å². The minimum Gasteiger partial charge on any atom is -0.459 e. The summed E-state index contributed by atoms with van der Waals surface area (Å²) in [5, 5.41) is 11.8. The maximum Gasteiger partial charge on any atom is 0.316 e. The van der Waals surface area contributed by atoms with Crippen molar-refractivity contribution in [3.63, 3.8) is 0 Å². The molecule has 0 saturated heterocycles. The minimum absolute atomic E-state index is 0.208. The molecule has 0 amide bonds. The van der Waals surface area contributed by atoms with Crippen LogP contribution in [0.2, 0.25) is 0 Å². The van der Waals surface area contributed by atoms with Crippen LogP contribution in [0.5, 0.6) is 0 Å². The molecule has 0 radical (unpaired) electrons. The van der Waals surface area contributed by atoms with E-state index in [0.29, 0.717) is 6.04 Å². The summed E-state index contributed by atoms with van der Waals surface area (Å²) in [5.41, 5.74) is -0.459. The number of thioether (sulfide) groups is 1. The molecule has 7 heteroatoms. The summed E-state index contributed by atoms with van der Waals surface area (Å²) in [6.45, 7) is 5.66. The van der Waals surface area contributed by atoms with Gasteiger partial charge in [-0.1, -0.05) is 37.1 Å². The van der Waals surface area contributed by atoms with Crippen LogP contribution in [0, 0.1) is 0 Å². The normalized spacial score (nSPS) is 16.0. The lowest BCUT2D eigenvalue weighted by Crippen LogP contribution is -2.25. The molecule has 1 saturated carbocycles. The van der Waals surface area contributed by atoms with Crippen molar-refractivity contribution in [1.29, 1.82) is 0 Å². The largest absolute Gasteiger partial charge is 0.459 e. The Labute approximate surface area is 163 Å². The molecule has 0 atom stereocenters. The van der Waals surface area contributed by atoms with Gasteiger partial charge in [0, 0.05) is 17.3 Å². The lowest BCUT2D eigenvalue weighted by molar-refractivity contribution is -0.151. The van der Waals surface area contributed by atoms with E-state index in [9.17, 15) is 4.79 Å². The molecule has 0 N–H and O–H groups in total. The molecule has 1 fully saturated rings. The molecule has 0 aromatic carbocycles. The molecule has 0 unspecified atom stereocenters. The number of rotatable bonds is 6. The van der Waals surface area contributed by atoms with Gasteiger partial charge in [-0.05, 0) is 45.1 Å². The number of ether oxygens (including phenoxy) is 1. The number of hydrogen-bond donors (Lipinski definition) is 0. The first-order chi connectivity index (χ1) is 12.4. The molecule has 2 heterocycles. The number of nitrogens with zero attached hydrogens (tertiary/aromatic N) is 3. The second-order valence-electron chi connectivity index (χ2n) is 7.69. The van der Waals surface area contributed by atoms with Crippen LogP contribution in [0.4, 0.5) is 0 Å². The van der Waals surface area contributed by atoms with Crippen LogP contribution < -0.4 is 0 Å².